The molecule has 0 aliphatic carbocycles. The fourth-order valence-corrected chi connectivity index (χ4v) is 8.78. The van der Waals surface area contributed by atoms with Crippen LogP contribution in [0.4, 0.5) is 10.2 Å². The summed E-state index contributed by atoms with van der Waals surface area (Å²) in [6, 6.07) is 19.4. The van der Waals surface area contributed by atoms with Gasteiger partial charge in [-0.25, -0.2) is 9.37 Å². The molecule has 2 saturated heterocycles. The highest BCUT2D eigenvalue weighted by molar-refractivity contribution is 7.86. The number of aromatic nitrogens is 3. The van der Waals surface area contributed by atoms with E-state index in [0.29, 0.717) is 24.3 Å². The summed E-state index contributed by atoms with van der Waals surface area (Å²) < 4.78 is 84.1. The van der Waals surface area contributed by atoms with Crippen LogP contribution in [0, 0.1) is 17.2 Å². The number of carbonyl (C=O) groups is 1. The van der Waals surface area contributed by atoms with Crippen LogP contribution in [-0.4, -0.2) is 140 Å². The van der Waals surface area contributed by atoms with Crippen LogP contribution in [-0.2, 0) is 25.0 Å². The van der Waals surface area contributed by atoms with Gasteiger partial charge in [-0.05, 0) is 102 Å². The predicted molar refractivity (Wildman–Crippen MR) is 239 cm³/mol. The van der Waals surface area contributed by atoms with Crippen molar-refractivity contribution in [2.75, 3.05) is 71.5 Å². The number of rotatable bonds is 17. The molecule has 63 heavy (non-hydrogen) atoms. The number of likely N-dealkylation sites (N-methyl/N-ethyl adjacent to an activating group) is 1. The number of anilines is 1. The van der Waals surface area contributed by atoms with Crippen LogP contribution in [0.1, 0.15) is 64.2 Å². The Balaban J connectivity index is 0.000000353. The van der Waals surface area contributed by atoms with Crippen molar-refractivity contribution in [3.63, 3.8) is 0 Å². The van der Waals surface area contributed by atoms with Crippen LogP contribution in [0.15, 0.2) is 95.0 Å². The Morgan fingerprint density at radius 2 is 1.51 bits per heavy atom. The molecular weight excluding hydrogens is 854 g/mol. The van der Waals surface area contributed by atoms with Crippen molar-refractivity contribution in [3.8, 4) is 11.6 Å². The molecule has 1 atom stereocenters. The average molecular weight is 916 g/mol. The first-order valence-electron chi connectivity index (χ1n) is 21.0. The van der Waals surface area contributed by atoms with Crippen molar-refractivity contribution in [1.82, 2.24) is 29.9 Å². The number of likely N-dealkylation sites (tertiary alicyclic amines) is 1. The van der Waals surface area contributed by atoms with E-state index >= 15 is 0 Å². The van der Waals surface area contributed by atoms with E-state index in [-0.39, 0.29) is 44.3 Å². The standard InChI is InChI=1S/C32H50FN7O3.2C6H6O3S/c1-8-40(24(4)5)31(41)26-18-25(33)11-12-28(26)43-30-29(34-22-35-36-30)38-15-13-32(19-38)20-39(21-32)27(23(2)3)10-9-14-37(6)16-17-42-7;2*7-10(8,9)6-4-2-1-3-5-6/h11-12,18,22-24,27H,8-10,13-17,19-21H2,1-7H3;2*1-5H,(H,7,8,9)/t27-;;/m1../s1. The highest BCUT2D eigenvalue weighted by Crippen LogP contribution is 2.44. The molecule has 0 bridgehead atoms. The van der Waals surface area contributed by atoms with Gasteiger partial charge in [0, 0.05) is 63.9 Å². The van der Waals surface area contributed by atoms with Crippen molar-refractivity contribution in [1.29, 1.82) is 0 Å². The largest absolute Gasteiger partial charge is 0.434 e. The summed E-state index contributed by atoms with van der Waals surface area (Å²) in [6.07, 6.45) is 4.85. The molecule has 2 aliphatic rings. The van der Waals surface area contributed by atoms with Crippen molar-refractivity contribution < 1.29 is 44.6 Å². The third-order valence-electron chi connectivity index (χ3n) is 11.0. The summed E-state index contributed by atoms with van der Waals surface area (Å²) in [5.74, 6) is 0.871. The van der Waals surface area contributed by atoms with Crippen molar-refractivity contribution in [2.24, 2.45) is 11.3 Å². The number of ether oxygens (including phenoxy) is 2. The third kappa shape index (κ3) is 15.0. The molecule has 3 heterocycles. The number of methoxy groups -OCH3 is 1. The normalized spacial score (nSPS) is 15.3. The number of hydrogen-bond donors (Lipinski definition) is 2. The van der Waals surface area contributed by atoms with Crippen molar-refractivity contribution in [2.45, 2.75) is 75.8 Å². The molecule has 0 saturated carbocycles. The summed E-state index contributed by atoms with van der Waals surface area (Å²) in [6.45, 7) is 17.6. The minimum absolute atomic E-state index is 0.0391. The molecule has 6 rings (SSSR count). The van der Waals surface area contributed by atoms with E-state index in [1.165, 1.54) is 61.6 Å². The third-order valence-corrected chi connectivity index (χ3v) is 12.8. The van der Waals surface area contributed by atoms with E-state index < -0.39 is 26.1 Å². The minimum Gasteiger partial charge on any atom is -0.434 e. The highest BCUT2D eigenvalue weighted by atomic mass is 32.2. The number of nitrogens with zero attached hydrogens (tertiary/aromatic N) is 7. The number of halogens is 1. The van der Waals surface area contributed by atoms with Gasteiger partial charge in [0.15, 0.2) is 5.82 Å². The molecule has 346 valence electrons. The molecule has 0 unspecified atom stereocenters. The summed E-state index contributed by atoms with van der Waals surface area (Å²) >= 11 is 0. The van der Waals surface area contributed by atoms with E-state index in [2.05, 4.69) is 50.8 Å². The van der Waals surface area contributed by atoms with E-state index in [1.807, 2.05) is 20.8 Å². The highest BCUT2D eigenvalue weighted by Gasteiger charge is 2.50. The first-order valence-corrected chi connectivity index (χ1v) is 23.8. The first kappa shape index (κ1) is 51.0. The van der Waals surface area contributed by atoms with E-state index in [9.17, 15) is 26.0 Å². The van der Waals surface area contributed by atoms with Gasteiger partial charge in [-0.1, -0.05) is 50.2 Å². The van der Waals surface area contributed by atoms with E-state index in [4.69, 9.17) is 18.6 Å². The number of hydrogen-bond acceptors (Lipinski definition) is 13. The lowest BCUT2D eigenvalue weighted by molar-refractivity contribution is -0.0345. The molecule has 0 radical (unpaired) electrons. The second-order valence-corrected chi connectivity index (χ2v) is 19.3. The lowest BCUT2D eigenvalue weighted by Gasteiger charge is -2.53. The van der Waals surface area contributed by atoms with Crippen LogP contribution >= 0.6 is 0 Å². The quantitative estimate of drug-likeness (QED) is 0.110. The number of amides is 1. The van der Waals surface area contributed by atoms with Crippen LogP contribution < -0.4 is 9.64 Å². The maximum absolute atomic E-state index is 14.3. The Morgan fingerprint density at radius 3 is 2.02 bits per heavy atom. The van der Waals surface area contributed by atoms with E-state index in [1.54, 1.807) is 48.4 Å². The molecule has 19 heteroatoms. The van der Waals surface area contributed by atoms with Gasteiger partial charge in [-0.2, -0.15) is 16.8 Å². The molecule has 2 aliphatic heterocycles. The molecule has 1 spiro atoms. The smallest absolute Gasteiger partial charge is 0.294 e. The average Bonchev–Trinajstić information content (AvgIpc) is 3.68. The van der Waals surface area contributed by atoms with Gasteiger partial charge in [0.25, 0.3) is 32.0 Å². The minimum atomic E-state index is -4.00. The molecule has 1 aromatic heterocycles. The molecule has 2 N–H and O–H groups in total. The maximum atomic E-state index is 14.3. The second-order valence-electron chi connectivity index (χ2n) is 16.4. The molecule has 3 aromatic carbocycles. The lowest BCUT2D eigenvalue weighted by atomic mass is 9.76. The zero-order valence-electron chi connectivity index (χ0n) is 37.2. The van der Waals surface area contributed by atoms with Gasteiger partial charge in [-0.3, -0.25) is 18.8 Å². The SMILES string of the molecule is CCN(C(=O)c1cc(F)ccc1Oc1nncnc1N1CCC2(C1)CN([C@H](CCCN(C)CCOC)C(C)C)C2)C(C)C.O=S(=O)(O)c1ccccc1.O=S(=O)(O)c1ccccc1. The van der Waals surface area contributed by atoms with Crippen molar-refractivity contribution >= 4 is 32.0 Å². The van der Waals surface area contributed by atoms with Gasteiger partial charge in [0.05, 0.1) is 22.0 Å². The Labute approximate surface area is 371 Å². The summed E-state index contributed by atoms with van der Waals surface area (Å²) in [7, 11) is -4.09. The Morgan fingerprint density at radius 1 is 0.905 bits per heavy atom. The van der Waals surface area contributed by atoms with Gasteiger partial charge in [0.1, 0.15) is 17.9 Å². The zero-order chi connectivity index (χ0) is 46.4. The van der Waals surface area contributed by atoms with Crippen LogP contribution in [0.25, 0.3) is 0 Å². The Kier molecular flexibility index (Phi) is 18.9. The van der Waals surface area contributed by atoms with Crippen LogP contribution in [0.3, 0.4) is 0 Å². The monoisotopic (exact) mass is 915 g/mol. The topological polar surface area (TPSA) is 196 Å². The number of benzene rings is 3. The lowest BCUT2D eigenvalue weighted by Crippen LogP contribution is -2.62. The second kappa shape index (κ2) is 23.3. The summed E-state index contributed by atoms with van der Waals surface area (Å²) in [4.78, 5) is 26.6. The van der Waals surface area contributed by atoms with E-state index in [0.717, 1.165) is 52.3 Å². The Bertz CT molecular complexity index is 2200. The first-order chi connectivity index (χ1) is 29.8. The molecular formula is C44H62FN7O9S2. The van der Waals surface area contributed by atoms with Crippen LogP contribution in [0.2, 0.25) is 0 Å². The number of carbonyl (C=O) groups excluding carboxylic acids is 1. The van der Waals surface area contributed by atoms with Gasteiger partial charge in [-0.15, -0.1) is 10.2 Å². The van der Waals surface area contributed by atoms with Gasteiger partial charge >= 0.3 is 0 Å². The van der Waals surface area contributed by atoms with Crippen molar-refractivity contribution in [3.05, 3.63) is 96.6 Å². The van der Waals surface area contributed by atoms with Gasteiger partial charge in [0.2, 0.25) is 0 Å². The maximum Gasteiger partial charge on any atom is 0.294 e. The van der Waals surface area contributed by atoms with Gasteiger partial charge < -0.3 is 24.2 Å². The Hall–Kier alpha value is -4.63. The molecule has 16 nitrogen and oxygen atoms in total. The molecule has 2 fully saturated rings. The molecule has 4 aromatic rings. The molecule has 1 amide bonds. The van der Waals surface area contributed by atoms with Crippen LogP contribution in [0.5, 0.6) is 11.6 Å². The summed E-state index contributed by atoms with van der Waals surface area (Å²) in [5, 5.41) is 8.21. The fourth-order valence-electron chi connectivity index (χ4n) is 7.78. The predicted octanol–water partition coefficient (Wildman–Crippen LogP) is 6.44. The fraction of sp³-hybridized carbons (Fsp3) is 0.500. The summed E-state index contributed by atoms with van der Waals surface area (Å²) in [5.41, 5.74) is 0.366. The zero-order valence-corrected chi connectivity index (χ0v) is 38.8.